The van der Waals surface area contributed by atoms with Gasteiger partial charge >= 0.3 is 0 Å². The van der Waals surface area contributed by atoms with Crippen molar-refractivity contribution in [2.45, 2.75) is 25.4 Å². The van der Waals surface area contributed by atoms with E-state index in [0.29, 0.717) is 6.10 Å². The van der Waals surface area contributed by atoms with Gasteiger partial charge in [0.15, 0.2) is 0 Å². The summed E-state index contributed by atoms with van der Waals surface area (Å²) < 4.78 is 5.43. The first-order chi connectivity index (χ1) is 4.97. The third-order valence-electron chi connectivity index (χ3n) is 2.60. The Hall–Kier alpha value is -0.0800. The molecule has 2 nitrogen and oxygen atoms in total. The van der Waals surface area contributed by atoms with Gasteiger partial charge in [0.05, 0.1) is 6.10 Å². The molecule has 2 fully saturated rings. The Kier molecular flexibility index (Phi) is 1.91. The molecule has 0 amide bonds. The van der Waals surface area contributed by atoms with Crippen molar-refractivity contribution in [3.63, 3.8) is 0 Å². The maximum absolute atomic E-state index is 5.43. The largest absolute Gasteiger partial charge is 0.378 e. The van der Waals surface area contributed by atoms with Gasteiger partial charge in [0.2, 0.25) is 0 Å². The van der Waals surface area contributed by atoms with Gasteiger partial charge in [-0.2, -0.15) is 0 Å². The molecule has 0 spiro atoms. The van der Waals surface area contributed by atoms with Gasteiger partial charge < -0.3 is 10.1 Å². The fraction of sp³-hybridized carbons (Fsp3) is 1.00. The minimum absolute atomic E-state index is 0.604. The lowest BCUT2D eigenvalue weighted by molar-refractivity contribution is -0.0887. The van der Waals surface area contributed by atoms with Gasteiger partial charge in [-0.1, -0.05) is 0 Å². The van der Waals surface area contributed by atoms with Gasteiger partial charge in [-0.3, -0.25) is 0 Å². The number of piperidine rings is 1. The van der Waals surface area contributed by atoms with Crippen LogP contribution in [0.15, 0.2) is 0 Å². The normalized spacial score (nSPS) is 40.8. The lowest BCUT2D eigenvalue weighted by Gasteiger charge is -2.36. The van der Waals surface area contributed by atoms with Crippen molar-refractivity contribution in [2.75, 3.05) is 19.7 Å². The molecular weight excluding hydrogens is 126 g/mol. The van der Waals surface area contributed by atoms with Crippen LogP contribution >= 0.6 is 0 Å². The Bertz CT molecular complexity index is 106. The fourth-order valence-corrected chi connectivity index (χ4v) is 1.82. The topological polar surface area (TPSA) is 21.3 Å². The zero-order chi connectivity index (χ0) is 6.81. The predicted octanol–water partition coefficient (Wildman–Crippen LogP) is 0.775. The van der Waals surface area contributed by atoms with E-state index in [-0.39, 0.29) is 0 Å². The van der Waals surface area contributed by atoms with Crippen molar-refractivity contribution in [1.29, 1.82) is 0 Å². The minimum atomic E-state index is 0.604. The van der Waals surface area contributed by atoms with Gasteiger partial charge in [0, 0.05) is 13.2 Å². The number of ether oxygens (including phenoxy) is 1. The molecule has 58 valence electrons. The number of nitrogens with one attached hydrogen (secondary N) is 1. The van der Waals surface area contributed by atoms with Crippen molar-refractivity contribution < 1.29 is 4.74 Å². The van der Waals surface area contributed by atoms with E-state index in [1.165, 1.54) is 32.4 Å². The van der Waals surface area contributed by atoms with Crippen LogP contribution in [-0.2, 0) is 4.74 Å². The maximum Gasteiger partial charge on any atom is 0.0637 e. The third kappa shape index (κ3) is 1.18. The molecular formula is C8H15NO. The molecule has 2 aliphatic heterocycles. The second-order valence-electron chi connectivity index (χ2n) is 3.30. The molecule has 0 unspecified atom stereocenters. The number of hydrogen-bond donors (Lipinski definition) is 1. The average molecular weight is 141 g/mol. The molecule has 2 heterocycles. The van der Waals surface area contributed by atoms with Crippen LogP contribution in [0.5, 0.6) is 0 Å². The van der Waals surface area contributed by atoms with Crippen LogP contribution in [0.25, 0.3) is 0 Å². The summed E-state index contributed by atoms with van der Waals surface area (Å²) >= 11 is 0. The van der Waals surface area contributed by atoms with E-state index in [9.17, 15) is 0 Å². The highest BCUT2D eigenvalue weighted by Gasteiger charge is 2.28. The zero-order valence-electron chi connectivity index (χ0n) is 6.31. The van der Waals surface area contributed by atoms with Crippen molar-refractivity contribution in [2.24, 2.45) is 5.92 Å². The standard InChI is InChI=1S/C8H15NO/c1-2-7(6-9-4-1)8-3-5-10-8/h7-9H,1-6H2/t7-,8-/m0/s1. The molecule has 0 bridgehead atoms. The lowest BCUT2D eigenvalue weighted by Crippen LogP contribution is -2.42. The highest BCUT2D eigenvalue weighted by atomic mass is 16.5. The van der Waals surface area contributed by atoms with Crippen molar-refractivity contribution >= 4 is 0 Å². The van der Waals surface area contributed by atoms with E-state index in [2.05, 4.69) is 5.32 Å². The molecule has 2 atom stereocenters. The van der Waals surface area contributed by atoms with Crippen molar-refractivity contribution in [3.8, 4) is 0 Å². The summed E-state index contributed by atoms with van der Waals surface area (Å²) in [5, 5.41) is 3.40. The lowest BCUT2D eigenvalue weighted by atomic mass is 9.90. The molecule has 0 aliphatic carbocycles. The second kappa shape index (κ2) is 2.89. The smallest absolute Gasteiger partial charge is 0.0637 e. The summed E-state index contributed by atoms with van der Waals surface area (Å²) in [6, 6.07) is 0. The Morgan fingerprint density at radius 1 is 1.30 bits per heavy atom. The second-order valence-corrected chi connectivity index (χ2v) is 3.30. The van der Waals surface area contributed by atoms with Crippen LogP contribution < -0.4 is 5.32 Å². The summed E-state index contributed by atoms with van der Waals surface area (Å²) in [7, 11) is 0. The first-order valence-electron chi connectivity index (χ1n) is 4.29. The molecule has 2 heteroatoms. The van der Waals surface area contributed by atoms with Gasteiger partial charge in [-0.15, -0.1) is 0 Å². The molecule has 0 aromatic rings. The van der Waals surface area contributed by atoms with E-state index in [1.54, 1.807) is 0 Å². The molecule has 0 radical (unpaired) electrons. The Morgan fingerprint density at radius 2 is 2.20 bits per heavy atom. The summed E-state index contributed by atoms with van der Waals surface area (Å²) in [6.07, 6.45) is 4.61. The Balaban J connectivity index is 1.78. The van der Waals surface area contributed by atoms with Gasteiger partial charge in [-0.25, -0.2) is 0 Å². The zero-order valence-corrected chi connectivity index (χ0v) is 6.31. The average Bonchev–Trinajstić information content (AvgIpc) is 1.86. The Morgan fingerprint density at radius 3 is 2.70 bits per heavy atom. The monoisotopic (exact) mass is 141 g/mol. The van der Waals surface area contributed by atoms with Gasteiger partial charge in [-0.05, 0) is 31.7 Å². The third-order valence-corrected chi connectivity index (χ3v) is 2.60. The van der Waals surface area contributed by atoms with E-state index in [4.69, 9.17) is 4.74 Å². The molecule has 0 aromatic heterocycles. The van der Waals surface area contributed by atoms with Crippen LogP contribution in [0, 0.1) is 5.92 Å². The van der Waals surface area contributed by atoms with Crippen LogP contribution in [0.4, 0.5) is 0 Å². The van der Waals surface area contributed by atoms with Crippen LogP contribution in [0.2, 0.25) is 0 Å². The van der Waals surface area contributed by atoms with Crippen LogP contribution in [0.1, 0.15) is 19.3 Å². The molecule has 2 saturated heterocycles. The van der Waals surface area contributed by atoms with E-state index >= 15 is 0 Å². The molecule has 1 N–H and O–H groups in total. The molecule has 2 rings (SSSR count). The fourth-order valence-electron chi connectivity index (χ4n) is 1.82. The first-order valence-corrected chi connectivity index (χ1v) is 4.29. The first kappa shape index (κ1) is 6.62. The van der Waals surface area contributed by atoms with Crippen molar-refractivity contribution in [1.82, 2.24) is 5.32 Å². The van der Waals surface area contributed by atoms with Crippen molar-refractivity contribution in [3.05, 3.63) is 0 Å². The summed E-state index contributed by atoms with van der Waals surface area (Å²) in [5.41, 5.74) is 0. The highest BCUT2D eigenvalue weighted by molar-refractivity contribution is 4.80. The van der Waals surface area contributed by atoms with E-state index in [0.717, 1.165) is 12.5 Å². The SMILES string of the molecule is C1CNC[C@@H]([C@@H]2CCO2)C1. The minimum Gasteiger partial charge on any atom is -0.378 e. The van der Waals surface area contributed by atoms with E-state index < -0.39 is 0 Å². The molecule has 2 aliphatic rings. The quantitative estimate of drug-likeness (QED) is 0.582. The predicted molar refractivity (Wildman–Crippen MR) is 40.0 cm³/mol. The van der Waals surface area contributed by atoms with E-state index in [1.807, 2.05) is 0 Å². The summed E-state index contributed by atoms with van der Waals surface area (Å²) in [4.78, 5) is 0. The number of hydrogen-bond acceptors (Lipinski definition) is 2. The number of rotatable bonds is 1. The Labute approximate surface area is 61.9 Å². The van der Waals surface area contributed by atoms with Gasteiger partial charge in [0.25, 0.3) is 0 Å². The molecule has 0 saturated carbocycles. The molecule has 10 heavy (non-hydrogen) atoms. The molecule has 0 aromatic carbocycles. The maximum atomic E-state index is 5.43. The van der Waals surface area contributed by atoms with Crippen LogP contribution in [0.3, 0.4) is 0 Å². The summed E-state index contributed by atoms with van der Waals surface area (Å²) in [5.74, 6) is 0.822. The van der Waals surface area contributed by atoms with Gasteiger partial charge in [0.1, 0.15) is 0 Å². The summed E-state index contributed by atoms with van der Waals surface area (Å²) in [6.45, 7) is 3.40. The van der Waals surface area contributed by atoms with Crippen LogP contribution in [-0.4, -0.2) is 25.8 Å². The highest BCUT2D eigenvalue weighted by Crippen LogP contribution is 2.25.